The van der Waals surface area contributed by atoms with E-state index in [1.807, 2.05) is 30.3 Å². The fraction of sp³-hybridized carbons (Fsp3) is 0.158. The van der Waals surface area contributed by atoms with Gasteiger partial charge < -0.3 is 10.1 Å². The lowest BCUT2D eigenvalue weighted by molar-refractivity contribution is -0.150. The molecule has 0 heterocycles. The van der Waals surface area contributed by atoms with Crippen molar-refractivity contribution in [3.05, 3.63) is 77.6 Å². The second-order valence-electron chi connectivity index (χ2n) is 5.17. The molecule has 124 valence electrons. The van der Waals surface area contributed by atoms with E-state index in [0.29, 0.717) is 12.1 Å². The molecular weight excluding hydrogens is 309 g/mol. The summed E-state index contributed by atoms with van der Waals surface area (Å²) in [5.41, 5.74) is 1.49. The van der Waals surface area contributed by atoms with Gasteiger partial charge in [-0.3, -0.25) is 4.79 Å². The van der Waals surface area contributed by atoms with E-state index in [0.717, 1.165) is 11.6 Å². The van der Waals surface area contributed by atoms with Crippen LogP contribution in [0.15, 0.2) is 60.7 Å². The summed E-state index contributed by atoms with van der Waals surface area (Å²) >= 11 is 0. The van der Waals surface area contributed by atoms with Gasteiger partial charge in [-0.25, -0.2) is 9.18 Å². The van der Waals surface area contributed by atoms with Gasteiger partial charge in [0.25, 0.3) is 5.91 Å². The predicted octanol–water partition coefficient (Wildman–Crippen LogP) is 3.09. The second kappa shape index (κ2) is 8.62. The van der Waals surface area contributed by atoms with Crippen molar-refractivity contribution in [2.75, 3.05) is 0 Å². The number of hydrogen-bond donors (Lipinski definition) is 1. The fourth-order valence-corrected chi connectivity index (χ4v) is 1.97. The minimum Gasteiger partial charge on any atom is -0.449 e. The number of ether oxygens (including phenoxy) is 1. The molecule has 1 atom stereocenters. The molecule has 0 fully saturated rings. The van der Waals surface area contributed by atoms with Crippen LogP contribution in [0, 0.1) is 5.82 Å². The Morgan fingerprint density at radius 2 is 1.92 bits per heavy atom. The van der Waals surface area contributed by atoms with E-state index in [4.69, 9.17) is 4.74 Å². The topological polar surface area (TPSA) is 55.4 Å². The van der Waals surface area contributed by atoms with Crippen molar-refractivity contribution in [1.82, 2.24) is 5.32 Å². The van der Waals surface area contributed by atoms with E-state index >= 15 is 0 Å². The molecule has 0 aromatic heterocycles. The molecule has 5 heteroatoms. The Morgan fingerprint density at radius 1 is 1.17 bits per heavy atom. The second-order valence-corrected chi connectivity index (χ2v) is 5.17. The van der Waals surface area contributed by atoms with Crippen LogP contribution in [0.25, 0.3) is 6.08 Å². The lowest BCUT2D eigenvalue weighted by Crippen LogP contribution is -2.35. The quantitative estimate of drug-likeness (QED) is 0.655. The van der Waals surface area contributed by atoms with Gasteiger partial charge in [0.2, 0.25) is 0 Å². The maximum Gasteiger partial charge on any atom is 0.331 e. The molecule has 1 amide bonds. The normalized spacial score (nSPS) is 11.9. The molecule has 0 spiro atoms. The van der Waals surface area contributed by atoms with Crippen LogP contribution in [-0.4, -0.2) is 18.0 Å². The van der Waals surface area contributed by atoms with Gasteiger partial charge in [0.05, 0.1) is 0 Å². The third-order valence-corrected chi connectivity index (χ3v) is 3.23. The third-order valence-electron chi connectivity index (χ3n) is 3.23. The van der Waals surface area contributed by atoms with Crippen LogP contribution in [0.3, 0.4) is 0 Å². The molecule has 0 aliphatic carbocycles. The summed E-state index contributed by atoms with van der Waals surface area (Å²) in [6, 6.07) is 15.2. The number of halogens is 1. The van der Waals surface area contributed by atoms with Crippen LogP contribution in [0.4, 0.5) is 4.39 Å². The summed E-state index contributed by atoms with van der Waals surface area (Å²) in [7, 11) is 0. The van der Waals surface area contributed by atoms with E-state index in [-0.39, 0.29) is 11.7 Å². The van der Waals surface area contributed by atoms with Crippen molar-refractivity contribution in [2.24, 2.45) is 0 Å². The number of amides is 1. The molecule has 0 radical (unpaired) electrons. The van der Waals surface area contributed by atoms with Gasteiger partial charge in [0.1, 0.15) is 5.82 Å². The molecule has 24 heavy (non-hydrogen) atoms. The number of rotatable bonds is 6. The minimum absolute atomic E-state index is 0.362. The van der Waals surface area contributed by atoms with Crippen molar-refractivity contribution >= 4 is 18.0 Å². The first-order valence-electron chi connectivity index (χ1n) is 7.50. The molecule has 0 saturated carbocycles. The van der Waals surface area contributed by atoms with Crippen LogP contribution in [0.5, 0.6) is 0 Å². The molecule has 0 saturated heterocycles. The van der Waals surface area contributed by atoms with Gasteiger partial charge in [-0.05, 0) is 36.3 Å². The zero-order valence-corrected chi connectivity index (χ0v) is 13.2. The van der Waals surface area contributed by atoms with E-state index in [9.17, 15) is 14.0 Å². The summed E-state index contributed by atoms with van der Waals surface area (Å²) in [5.74, 6) is -1.44. The first kappa shape index (κ1) is 17.4. The van der Waals surface area contributed by atoms with Gasteiger partial charge >= 0.3 is 5.97 Å². The fourth-order valence-electron chi connectivity index (χ4n) is 1.97. The molecule has 4 nitrogen and oxygen atoms in total. The van der Waals surface area contributed by atoms with Crippen LogP contribution < -0.4 is 5.32 Å². The highest BCUT2D eigenvalue weighted by molar-refractivity contribution is 5.90. The summed E-state index contributed by atoms with van der Waals surface area (Å²) in [6.45, 7) is 1.86. The van der Waals surface area contributed by atoms with E-state index in [2.05, 4.69) is 5.32 Å². The maximum absolute atomic E-state index is 13.0. The molecule has 2 aromatic carbocycles. The Kier molecular flexibility index (Phi) is 6.25. The number of nitrogens with one attached hydrogen (secondary N) is 1. The molecule has 1 N–H and O–H groups in total. The first-order valence-corrected chi connectivity index (χ1v) is 7.50. The Morgan fingerprint density at radius 3 is 2.62 bits per heavy atom. The van der Waals surface area contributed by atoms with E-state index in [1.165, 1.54) is 25.1 Å². The van der Waals surface area contributed by atoms with E-state index in [1.54, 1.807) is 12.1 Å². The number of carbonyl (C=O) groups excluding carboxylic acids is 2. The van der Waals surface area contributed by atoms with Gasteiger partial charge in [-0.1, -0.05) is 42.5 Å². The summed E-state index contributed by atoms with van der Waals surface area (Å²) in [4.78, 5) is 23.6. The Bertz CT molecular complexity index is 728. The van der Waals surface area contributed by atoms with Crippen LogP contribution in [0.2, 0.25) is 0 Å². The maximum atomic E-state index is 13.0. The summed E-state index contributed by atoms with van der Waals surface area (Å²) in [5, 5.41) is 2.70. The smallest absolute Gasteiger partial charge is 0.331 e. The highest BCUT2D eigenvalue weighted by Crippen LogP contribution is 2.06. The predicted molar refractivity (Wildman–Crippen MR) is 89.3 cm³/mol. The van der Waals surface area contributed by atoms with Crippen LogP contribution in [0.1, 0.15) is 18.1 Å². The first-order chi connectivity index (χ1) is 11.5. The zero-order chi connectivity index (χ0) is 17.4. The Hall–Kier alpha value is -2.95. The standard InChI is InChI=1S/C19H18FNO3/c1-14(19(23)21-13-16-6-3-2-4-7-16)24-18(22)11-10-15-8-5-9-17(20)12-15/h2-12,14H,13H2,1H3,(H,21,23)/b11-10+/t14-/m1/s1. The number of benzene rings is 2. The number of hydrogen-bond acceptors (Lipinski definition) is 3. The molecule has 0 aliphatic heterocycles. The van der Waals surface area contributed by atoms with Crippen LogP contribution >= 0.6 is 0 Å². The van der Waals surface area contributed by atoms with Crippen molar-refractivity contribution in [1.29, 1.82) is 0 Å². The Labute approximate surface area is 140 Å². The SMILES string of the molecule is C[C@@H](OC(=O)/C=C/c1cccc(F)c1)C(=O)NCc1ccccc1. The highest BCUT2D eigenvalue weighted by Gasteiger charge is 2.15. The zero-order valence-electron chi connectivity index (χ0n) is 13.2. The van der Waals surface area contributed by atoms with Crippen molar-refractivity contribution in [3.63, 3.8) is 0 Å². The molecule has 2 rings (SSSR count). The van der Waals surface area contributed by atoms with E-state index < -0.39 is 12.1 Å². The lowest BCUT2D eigenvalue weighted by Gasteiger charge is -2.12. The van der Waals surface area contributed by atoms with Gasteiger partial charge in [-0.15, -0.1) is 0 Å². The van der Waals surface area contributed by atoms with Gasteiger partial charge in [0.15, 0.2) is 6.10 Å². The molecule has 0 unspecified atom stereocenters. The molecular formula is C19H18FNO3. The largest absolute Gasteiger partial charge is 0.449 e. The third kappa shape index (κ3) is 5.68. The number of esters is 1. The van der Waals surface area contributed by atoms with Gasteiger partial charge in [0, 0.05) is 12.6 Å². The average Bonchev–Trinajstić information content (AvgIpc) is 2.59. The van der Waals surface area contributed by atoms with Gasteiger partial charge in [-0.2, -0.15) is 0 Å². The highest BCUT2D eigenvalue weighted by atomic mass is 19.1. The van der Waals surface area contributed by atoms with Crippen molar-refractivity contribution < 1.29 is 18.7 Å². The molecule has 0 aliphatic rings. The molecule has 2 aromatic rings. The lowest BCUT2D eigenvalue weighted by atomic mass is 10.2. The number of carbonyl (C=O) groups is 2. The monoisotopic (exact) mass is 327 g/mol. The summed E-state index contributed by atoms with van der Waals surface area (Å²) < 4.78 is 18.1. The Balaban J connectivity index is 1.81. The summed E-state index contributed by atoms with van der Waals surface area (Å²) in [6.07, 6.45) is 1.67. The average molecular weight is 327 g/mol. The minimum atomic E-state index is -0.918. The van der Waals surface area contributed by atoms with Crippen molar-refractivity contribution in [3.8, 4) is 0 Å². The van der Waals surface area contributed by atoms with Crippen LogP contribution in [-0.2, 0) is 20.9 Å². The molecule has 0 bridgehead atoms. The van der Waals surface area contributed by atoms with Crippen molar-refractivity contribution in [2.45, 2.75) is 19.6 Å².